The Balaban J connectivity index is 1.82. The fourth-order valence-electron chi connectivity index (χ4n) is 1.91. The second-order valence-electron chi connectivity index (χ2n) is 4.68. The summed E-state index contributed by atoms with van der Waals surface area (Å²) in [5, 5.41) is 30.1. The lowest BCUT2D eigenvalue weighted by atomic mass is 10.2. The van der Waals surface area contributed by atoms with Gasteiger partial charge in [-0.1, -0.05) is 11.6 Å². The molecule has 0 unspecified atom stereocenters. The molecule has 0 aliphatic rings. The van der Waals surface area contributed by atoms with Crippen LogP contribution in [0.1, 0.15) is 11.4 Å². The molecule has 0 saturated heterocycles. The molecule has 114 valence electrons. The molecule has 3 rings (SSSR count). The Hall–Kier alpha value is -3.18. The van der Waals surface area contributed by atoms with E-state index in [1.54, 1.807) is 16.9 Å². The lowest BCUT2D eigenvalue weighted by molar-refractivity contribution is 0.880. The van der Waals surface area contributed by atoms with Crippen molar-refractivity contribution >= 4 is 22.9 Å². The van der Waals surface area contributed by atoms with Crippen LogP contribution in [-0.4, -0.2) is 30.4 Å². The first-order chi connectivity index (χ1) is 11.2. The number of aromatic amines is 1. The quantitative estimate of drug-likeness (QED) is 0.712. The molecule has 23 heavy (non-hydrogen) atoms. The Morgan fingerprint density at radius 2 is 2.35 bits per heavy atom. The first-order valence-corrected chi connectivity index (χ1v) is 6.97. The Bertz CT molecular complexity index is 888. The molecular formula is C14H11ClN8. The Morgan fingerprint density at radius 3 is 2.96 bits per heavy atom. The van der Waals surface area contributed by atoms with Crippen molar-refractivity contribution in [1.29, 1.82) is 5.26 Å². The molecule has 0 aliphatic heterocycles. The molecule has 2 N–H and O–H groups in total. The van der Waals surface area contributed by atoms with Crippen LogP contribution < -0.4 is 5.32 Å². The van der Waals surface area contributed by atoms with Gasteiger partial charge in [-0.25, -0.2) is 4.68 Å². The number of halogens is 1. The maximum atomic E-state index is 9.11. The molecule has 0 aliphatic carbocycles. The lowest BCUT2D eigenvalue weighted by Crippen LogP contribution is -1.97. The van der Waals surface area contributed by atoms with Crippen LogP contribution in [0.3, 0.4) is 0 Å². The van der Waals surface area contributed by atoms with Gasteiger partial charge in [0, 0.05) is 18.1 Å². The number of anilines is 1. The van der Waals surface area contributed by atoms with Gasteiger partial charge in [-0.2, -0.15) is 15.6 Å². The number of benzene rings is 1. The van der Waals surface area contributed by atoms with Crippen LogP contribution in [0.15, 0.2) is 36.8 Å². The number of nitrogens with zero attached hydrogens (tertiary/aromatic N) is 6. The molecule has 0 amide bonds. The van der Waals surface area contributed by atoms with E-state index in [1.165, 1.54) is 6.20 Å². The molecule has 3 aromatic rings. The maximum Gasteiger partial charge on any atom is 0.216 e. The highest BCUT2D eigenvalue weighted by atomic mass is 35.5. The third-order valence-corrected chi connectivity index (χ3v) is 3.30. The summed E-state index contributed by atoms with van der Waals surface area (Å²) in [6.45, 7) is 1.96. The van der Waals surface area contributed by atoms with Crippen molar-refractivity contribution in [1.82, 2.24) is 30.4 Å². The zero-order valence-electron chi connectivity index (χ0n) is 12.0. The smallest absolute Gasteiger partial charge is 0.216 e. The van der Waals surface area contributed by atoms with E-state index in [-0.39, 0.29) is 11.4 Å². The van der Waals surface area contributed by atoms with E-state index in [1.807, 2.05) is 31.3 Å². The zero-order valence-corrected chi connectivity index (χ0v) is 12.8. The summed E-state index contributed by atoms with van der Waals surface area (Å²) in [7, 11) is 0. The number of hydrogen-bond acceptors (Lipinski definition) is 6. The van der Waals surface area contributed by atoms with Crippen molar-refractivity contribution in [3.8, 4) is 11.8 Å². The largest absolute Gasteiger partial charge is 0.360 e. The van der Waals surface area contributed by atoms with Gasteiger partial charge in [-0.15, -0.1) is 10.2 Å². The molecule has 0 atom stereocenters. The van der Waals surface area contributed by atoms with E-state index < -0.39 is 0 Å². The molecule has 2 aromatic heterocycles. The monoisotopic (exact) mass is 326 g/mol. The van der Waals surface area contributed by atoms with Crippen LogP contribution >= 0.6 is 11.6 Å². The second kappa shape index (κ2) is 6.29. The Kier molecular flexibility index (Phi) is 4.03. The van der Waals surface area contributed by atoms with E-state index >= 15 is 0 Å². The first kappa shape index (κ1) is 14.7. The average molecular weight is 327 g/mol. The number of H-pyrrole nitrogens is 1. The summed E-state index contributed by atoms with van der Waals surface area (Å²) in [4.78, 5) is 0. The van der Waals surface area contributed by atoms with Crippen molar-refractivity contribution in [2.24, 2.45) is 0 Å². The third-order valence-electron chi connectivity index (χ3n) is 3.00. The van der Waals surface area contributed by atoms with Crippen molar-refractivity contribution in [2.75, 3.05) is 5.32 Å². The summed E-state index contributed by atoms with van der Waals surface area (Å²) in [6.07, 6.45) is 5.14. The minimum Gasteiger partial charge on any atom is -0.360 e. The number of allylic oxidation sites excluding steroid dienone is 1. The number of hydrogen-bond donors (Lipinski definition) is 2. The minimum absolute atomic E-state index is 0.217. The number of aromatic nitrogens is 6. The average Bonchev–Trinajstić information content (AvgIpc) is 3.20. The summed E-state index contributed by atoms with van der Waals surface area (Å²) in [5.74, 6) is 0.217. The van der Waals surface area contributed by atoms with Crippen LogP contribution in [0.5, 0.6) is 0 Å². The number of rotatable bonds is 4. The Morgan fingerprint density at radius 1 is 1.48 bits per heavy atom. The van der Waals surface area contributed by atoms with Crippen molar-refractivity contribution < 1.29 is 0 Å². The highest BCUT2D eigenvalue weighted by Crippen LogP contribution is 2.24. The van der Waals surface area contributed by atoms with Crippen LogP contribution in [0.4, 0.5) is 5.69 Å². The van der Waals surface area contributed by atoms with Gasteiger partial charge < -0.3 is 5.32 Å². The molecule has 0 bridgehead atoms. The number of nitrogens with one attached hydrogen (secondary N) is 2. The van der Waals surface area contributed by atoms with Crippen LogP contribution in [0.2, 0.25) is 5.02 Å². The highest BCUT2D eigenvalue weighted by molar-refractivity contribution is 6.32. The maximum absolute atomic E-state index is 9.11. The van der Waals surface area contributed by atoms with E-state index in [0.717, 1.165) is 16.9 Å². The van der Waals surface area contributed by atoms with Gasteiger partial charge in [-0.05, 0) is 35.9 Å². The van der Waals surface area contributed by atoms with Crippen LogP contribution in [0, 0.1) is 18.3 Å². The summed E-state index contributed by atoms with van der Waals surface area (Å²) >= 11 is 6.30. The van der Waals surface area contributed by atoms with E-state index in [0.29, 0.717) is 5.02 Å². The molecule has 0 fully saturated rings. The highest BCUT2D eigenvalue weighted by Gasteiger charge is 2.07. The molecule has 1 aromatic carbocycles. The first-order valence-electron chi connectivity index (χ1n) is 6.59. The molecule has 0 spiro atoms. The predicted octanol–water partition coefficient (Wildman–Crippen LogP) is 2.32. The van der Waals surface area contributed by atoms with Gasteiger partial charge in [0.2, 0.25) is 5.82 Å². The van der Waals surface area contributed by atoms with Gasteiger partial charge in [0.25, 0.3) is 0 Å². The van der Waals surface area contributed by atoms with Crippen molar-refractivity contribution in [2.45, 2.75) is 6.92 Å². The molecule has 2 heterocycles. The van der Waals surface area contributed by atoms with Gasteiger partial charge in [-0.3, -0.25) is 0 Å². The summed E-state index contributed by atoms with van der Waals surface area (Å²) in [5.41, 5.74) is 2.79. The topological polar surface area (TPSA) is 108 Å². The van der Waals surface area contributed by atoms with E-state index in [2.05, 4.69) is 31.0 Å². The van der Waals surface area contributed by atoms with Gasteiger partial charge in [0.05, 0.1) is 16.9 Å². The fourth-order valence-corrected chi connectivity index (χ4v) is 2.17. The number of aryl methyl sites for hydroxylation is 1. The third kappa shape index (κ3) is 3.20. The molecule has 0 saturated carbocycles. The minimum atomic E-state index is 0.217. The van der Waals surface area contributed by atoms with Gasteiger partial charge in [0.1, 0.15) is 11.6 Å². The molecule has 9 heteroatoms. The van der Waals surface area contributed by atoms with Gasteiger partial charge >= 0.3 is 0 Å². The van der Waals surface area contributed by atoms with Crippen LogP contribution in [-0.2, 0) is 0 Å². The van der Waals surface area contributed by atoms with Crippen molar-refractivity contribution in [3.05, 3.63) is 53.2 Å². The molecular weight excluding hydrogens is 316 g/mol. The van der Waals surface area contributed by atoms with Gasteiger partial charge in [0.15, 0.2) is 0 Å². The predicted molar refractivity (Wildman–Crippen MR) is 84.7 cm³/mol. The summed E-state index contributed by atoms with van der Waals surface area (Å²) < 4.78 is 1.71. The summed E-state index contributed by atoms with van der Waals surface area (Å²) in [6, 6.07) is 7.41. The zero-order chi connectivity index (χ0) is 16.2. The SMILES string of the molecule is Cc1cnn(-c2ccc(NC=C(C#N)c3nn[nH]n3)cc2Cl)c1. The Labute approximate surface area is 136 Å². The standard InChI is InChI=1S/C14H11ClN8/c1-9-6-18-23(8-9)13-3-2-11(4-12(13)15)17-7-10(5-16)14-19-21-22-20-14/h2-4,6-8,17H,1H3,(H,19,20,21,22). The lowest BCUT2D eigenvalue weighted by Gasteiger charge is -2.07. The molecule has 0 radical (unpaired) electrons. The number of tetrazole rings is 1. The second-order valence-corrected chi connectivity index (χ2v) is 5.09. The number of nitriles is 1. The van der Waals surface area contributed by atoms with E-state index in [4.69, 9.17) is 16.9 Å². The van der Waals surface area contributed by atoms with Crippen LogP contribution in [0.25, 0.3) is 11.3 Å². The van der Waals surface area contributed by atoms with E-state index in [9.17, 15) is 0 Å². The van der Waals surface area contributed by atoms with Crippen molar-refractivity contribution in [3.63, 3.8) is 0 Å². The fraction of sp³-hybridized carbons (Fsp3) is 0.0714. The normalized spacial score (nSPS) is 11.3. The molecule has 8 nitrogen and oxygen atoms in total.